The highest BCUT2D eigenvalue weighted by atomic mass is 16.5. The number of hydrazine groups is 1. The third-order valence-corrected chi connectivity index (χ3v) is 4.65. The van der Waals surface area contributed by atoms with Crippen LogP contribution in [0.15, 0.2) is 47.0 Å². The van der Waals surface area contributed by atoms with Gasteiger partial charge in [0.05, 0.1) is 18.4 Å². The quantitative estimate of drug-likeness (QED) is 0.519. The maximum absolute atomic E-state index is 12.4. The molecule has 0 atom stereocenters. The van der Waals surface area contributed by atoms with E-state index in [2.05, 4.69) is 16.0 Å². The number of nitrogens with one attached hydrogen (secondary N) is 2. The molecular weight excluding hydrogens is 414 g/mol. The summed E-state index contributed by atoms with van der Waals surface area (Å²) in [5.41, 5.74) is 7.57. The molecule has 0 unspecified atom stereocenters. The topological polar surface area (TPSA) is 112 Å². The third kappa shape index (κ3) is 5.78. The molecule has 3 rings (SSSR count). The number of benzene rings is 2. The van der Waals surface area contributed by atoms with Crippen molar-refractivity contribution in [3.05, 3.63) is 70.6 Å². The lowest BCUT2D eigenvalue weighted by Gasteiger charge is -2.13. The van der Waals surface area contributed by atoms with Crippen molar-refractivity contribution in [2.24, 2.45) is 0 Å². The zero-order valence-electron chi connectivity index (χ0n) is 18.4. The van der Waals surface area contributed by atoms with E-state index in [1.165, 1.54) is 13.2 Å². The van der Waals surface area contributed by atoms with Crippen molar-refractivity contribution in [2.75, 3.05) is 13.7 Å². The molecule has 0 radical (unpaired) electrons. The first kappa shape index (κ1) is 22.7. The Balaban J connectivity index is 1.54. The standard InChI is InChI=1S/C23H25N3O6/c1-14-6-5-7-18(10-14)30-13-22(27)24-25-23(28)17-8-9-20(21(11-17)29-4)31-12-19-15(2)26-32-16(19)3/h5-11H,12-13H2,1-4H3,(H,24,27)(H,25,28). The summed E-state index contributed by atoms with van der Waals surface area (Å²) in [4.78, 5) is 24.4. The zero-order chi connectivity index (χ0) is 23.1. The predicted octanol–water partition coefficient (Wildman–Crippen LogP) is 3.03. The molecule has 2 amide bonds. The molecule has 3 aromatic rings. The average Bonchev–Trinajstić information content (AvgIpc) is 3.11. The minimum atomic E-state index is -0.510. The monoisotopic (exact) mass is 439 g/mol. The minimum Gasteiger partial charge on any atom is -0.493 e. The summed E-state index contributed by atoms with van der Waals surface area (Å²) >= 11 is 0. The van der Waals surface area contributed by atoms with Crippen LogP contribution in [-0.2, 0) is 11.4 Å². The van der Waals surface area contributed by atoms with E-state index in [1.807, 2.05) is 39.0 Å². The Morgan fingerprint density at radius 2 is 1.81 bits per heavy atom. The second-order valence-electron chi connectivity index (χ2n) is 7.06. The van der Waals surface area contributed by atoms with Crippen molar-refractivity contribution in [1.82, 2.24) is 16.0 Å². The molecule has 1 aromatic heterocycles. The summed E-state index contributed by atoms with van der Waals surface area (Å²) in [6, 6.07) is 12.0. The lowest BCUT2D eigenvalue weighted by Crippen LogP contribution is -2.43. The van der Waals surface area contributed by atoms with Crippen LogP contribution >= 0.6 is 0 Å². The minimum absolute atomic E-state index is 0.235. The van der Waals surface area contributed by atoms with Gasteiger partial charge in [-0.05, 0) is 56.7 Å². The van der Waals surface area contributed by atoms with E-state index in [-0.39, 0.29) is 18.8 Å². The second-order valence-corrected chi connectivity index (χ2v) is 7.06. The molecule has 9 heteroatoms. The molecule has 0 aliphatic rings. The fraction of sp³-hybridized carbons (Fsp3) is 0.261. The number of hydrogen-bond donors (Lipinski definition) is 2. The molecular formula is C23H25N3O6. The molecule has 0 spiro atoms. The van der Waals surface area contributed by atoms with E-state index >= 15 is 0 Å². The lowest BCUT2D eigenvalue weighted by atomic mass is 10.2. The van der Waals surface area contributed by atoms with Crippen molar-refractivity contribution in [3.63, 3.8) is 0 Å². The number of nitrogens with zero attached hydrogens (tertiary/aromatic N) is 1. The summed E-state index contributed by atoms with van der Waals surface area (Å²) in [6.45, 7) is 5.58. The summed E-state index contributed by atoms with van der Waals surface area (Å²) in [5, 5.41) is 3.89. The Morgan fingerprint density at radius 1 is 1.00 bits per heavy atom. The number of amides is 2. The molecule has 0 saturated heterocycles. The molecule has 0 saturated carbocycles. The number of aromatic nitrogens is 1. The Hall–Kier alpha value is -4.01. The van der Waals surface area contributed by atoms with Crippen LogP contribution in [0.4, 0.5) is 0 Å². The molecule has 1 heterocycles. The number of ether oxygens (including phenoxy) is 3. The Morgan fingerprint density at radius 3 is 2.50 bits per heavy atom. The molecule has 9 nitrogen and oxygen atoms in total. The smallest absolute Gasteiger partial charge is 0.276 e. The van der Waals surface area contributed by atoms with Gasteiger partial charge in [0.15, 0.2) is 18.1 Å². The van der Waals surface area contributed by atoms with Gasteiger partial charge in [0, 0.05) is 5.56 Å². The first-order valence-corrected chi connectivity index (χ1v) is 9.88. The van der Waals surface area contributed by atoms with Crippen LogP contribution in [-0.4, -0.2) is 30.7 Å². The van der Waals surface area contributed by atoms with Crippen LogP contribution in [0.1, 0.15) is 32.9 Å². The van der Waals surface area contributed by atoms with Crippen LogP contribution in [0.25, 0.3) is 0 Å². The first-order chi connectivity index (χ1) is 15.4. The van der Waals surface area contributed by atoms with Crippen LogP contribution in [0.2, 0.25) is 0 Å². The number of hydrogen-bond acceptors (Lipinski definition) is 7. The van der Waals surface area contributed by atoms with E-state index in [0.717, 1.165) is 16.8 Å². The van der Waals surface area contributed by atoms with Crippen LogP contribution in [0, 0.1) is 20.8 Å². The zero-order valence-corrected chi connectivity index (χ0v) is 18.4. The van der Waals surface area contributed by atoms with Gasteiger partial charge in [0.2, 0.25) is 0 Å². The van der Waals surface area contributed by atoms with Gasteiger partial charge in [-0.2, -0.15) is 0 Å². The van der Waals surface area contributed by atoms with Gasteiger partial charge in [0.25, 0.3) is 11.8 Å². The maximum Gasteiger partial charge on any atom is 0.276 e. The van der Waals surface area contributed by atoms with E-state index in [9.17, 15) is 9.59 Å². The Bertz CT molecular complexity index is 1090. The Labute approximate surface area is 185 Å². The highest BCUT2D eigenvalue weighted by Crippen LogP contribution is 2.29. The highest BCUT2D eigenvalue weighted by Gasteiger charge is 2.15. The summed E-state index contributed by atoms with van der Waals surface area (Å²) in [6.07, 6.45) is 0. The van der Waals surface area contributed by atoms with Gasteiger partial charge < -0.3 is 18.7 Å². The fourth-order valence-corrected chi connectivity index (χ4v) is 2.87. The van der Waals surface area contributed by atoms with E-state index in [4.69, 9.17) is 18.7 Å². The van der Waals surface area contributed by atoms with Crippen molar-refractivity contribution in [1.29, 1.82) is 0 Å². The lowest BCUT2D eigenvalue weighted by molar-refractivity contribution is -0.123. The maximum atomic E-state index is 12.4. The van der Waals surface area contributed by atoms with E-state index in [0.29, 0.717) is 23.0 Å². The molecule has 32 heavy (non-hydrogen) atoms. The third-order valence-electron chi connectivity index (χ3n) is 4.65. The molecule has 0 bridgehead atoms. The summed E-state index contributed by atoms with van der Waals surface area (Å²) < 4.78 is 21.7. The second kappa shape index (κ2) is 10.3. The van der Waals surface area contributed by atoms with Gasteiger partial charge in [-0.1, -0.05) is 17.3 Å². The largest absolute Gasteiger partial charge is 0.493 e. The normalized spacial score (nSPS) is 10.4. The number of methoxy groups -OCH3 is 1. The molecule has 2 N–H and O–H groups in total. The number of rotatable bonds is 8. The molecule has 0 fully saturated rings. The van der Waals surface area contributed by atoms with Crippen LogP contribution < -0.4 is 25.1 Å². The number of carbonyl (C=O) groups excluding carboxylic acids is 2. The van der Waals surface area contributed by atoms with Crippen LogP contribution in [0.3, 0.4) is 0 Å². The van der Waals surface area contributed by atoms with Gasteiger partial charge in [-0.25, -0.2) is 0 Å². The van der Waals surface area contributed by atoms with Gasteiger partial charge >= 0.3 is 0 Å². The van der Waals surface area contributed by atoms with Crippen molar-refractivity contribution >= 4 is 11.8 Å². The predicted molar refractivity (Wildman–Crippen MR) is 116 cm³/mol. The van der Waals surface area contributed by atoms with E-state index < -0.39 is 11.8 Å². The van der Waals surface area contributed by atoms with Crippen molar-refractivity contribution in [3.8, 4) is 17.2 Å². The van der Waals surface area contributed by atoms with E-state index in [1.54, 1.807) is 18.2 Å². The molecule has 0 aliphatic carbocycles. The van der Waals surface area contributed by atoms with Crippen LogP contribution in [0.5, 0.6) is 17.2 Å². The molecule has 0 aliphatic heterocycles. The average molecular weight is 439 g/mol. The molecule has 2 aromatic carbocycles. The highest BCUT2D eigenvalue weighted by molar-refractivity contribution is 5.96. The number of carbonyl (C=O) groups is 2. The van der Waals surface area contributed by atoms with Gasteiger partial charge in [-0.15, -0.1) is 0 Å². The number of aryl methyl sites for hydroxylation is 3. The first-order valence-electron chi connectivity index (χ1n) is 9.88. The SMILES string of the molecule is COc1cc(C(=O)NNC(=O)COc2cccc(C)c2)ccc1OCc1c(C)noc1C. The summed E-state index contributed by atoms with van der Waals surface area (Å²) in [7, 11) is 1.48. The fourth-order valence-electron chi connectivity index (χ4n) is 2.87. The molecule has 168 valence electrons. The van der Waals surface area contributed by atoms with Crippen molar-refractivity contribution in [2.45, 2.75) is 27.4 Å². The van der Waals surface area contributed by atoms with Gasteiger partial charge in [0.1, 0.15) is 18.1 Å². The summed E-state index contributed by atoms with van der Waals surface area (Å²) in [5.74, 6) is 1.08. The van der Waals surface area contributed by atoms with Crippen molar-refractivity contribution < 1.29 is 28.3 Å². The van der Waals surface area contributed by atoms with Gasteiger partial charge in [-0.3, -0.25) is 20.4 Å². The Kier molecular flexibility index (Phi) is 7.33.